The van der Waals surface area contributed by atoms with Gasteiger partial charge in [-0.05, 0) is 98.9 Å². The van der Waals surface area contributed by atoms with Crippen LogP contribution in [0.1, 0.15) is 37.0 Å². The summed E-state index contributed by atoms with van der Waals surface area (Å²) in [5, 5.41) is 4.66. The van der Waals surface area contributed by atoms with Crippen LogP contribution < -0.4 is 0 Å². The number of fused-ring (bicyclic) bond motifs is 4. The van der Waals surface area contributed by atoms with Gasteiger partial charge in [0.2, 0.25) is 0 Å². The van der Waals surface area contributed by atoms with Gasteiger partial charge in [-0.3, -0.25) is 4.99 Å². The van der Waals surface area contributed by atoms with Crippen molar-refractivity contribution in [3.8, 4) is 33.4 Å². The van der Waals surface area contributed by atoms with E-state index in [0.717, 1.165) is 72.0 Å². The van der Waals surface area contributed by atoms with Crippen molar-refractivity contribution in [2.45, 2.75) is 26.8 Å². The van der Waals surface area contributed by atoms with Crippen LogP contribution in [0.5, 0.6) is 0 Å². The third-order valence-electron chi connectivity index (χ3n) is 9.83. The van der Waals surface area contributed by atoms with Gasteiger partial charge in [0.1, 0.15) is 11.2 Å². The molecule has 0 atom stereocenters. The summed E-state index contributed by atoms with van der Waals surface area (Å²) >= 11 is 0. The van der Waals surface area contributed by atoms with Gasteiger partial charge in [0.25, 0.3) is 0 Å². The molecule has 0 saturated carbocycles. The molecule has 0 amide bonds. The highest BCUT2D eigenvalue weighted by Crippen LogP contribution is 2.36. The zero-order valence-corrected chi connectivity index (χ0v) is 32.3. The van der Waals surface area contributed by atoms with E-state index < -0.39 is 0 Å². The van der Waals surface area contributed by atoms with Gasteiger partial charge in [-0.1, -0.05) is 166 Å². The first-order valence-corrected chi connectivity index (χ1v) is 19.5. The molecule has 0 aliphatic heterocycles. The first kappa shape index (κ1) is 36.8. The molecule has 0 N–H and O–H groups in total. The lowest BCUT2D eigenvalue weighted by Gasteiger charge is -2.10. The van der Waals surface area contributed by atoms with Crippen molar-refractivity contribution in [2.75, 3.05) is 0 Å². The third kappa shape index (κ3) is 8.26. The highest BCUT2D eigenvalue weighted by Gasteiger charge is 2.12. The third-order valence-corrected chi connectivity index (χ3v) is 9.83. The van der Waals surface area contributed by atoms with E-state index in [1.807, 2.05) is 60.7 Å². The summed E-state index contributed by atoms with van der Waals surface area (Å²) in [6, 6.07) is 65.1. The Hall–Kier alpha value is -7.17. The fraction of sp³-hybridized carbons (Fsp3) is 0.0755. The Morgan fingerprint density at radius 2 is 0.965 bits per heavy atom. The van der Waals surface area contributed by atoms with Crippen molar-refractivity contribution >= 4 is 51.1 Å². The number of hydrogen-bond donors (Lipinski definition) is 0. The van der Waals surface area contributed by atoms with Crippen LogP contribution in [0.3, 0.4) is 0 Å². The van der Waals surface area contributed by atoms with E-state index in [-0.39, 0.29) is 0 Å². The monoisotopic (exact) mass is 737 g/mol. The number of furan rings is 1. The SMILES string of the molecule is C=NC(=NC(=NCc1ccccc1)c1ccccc1)c1cccc(-c2cccc(-c3cccc(-c4ccc5c(c4)oc4cc6ccccc6cc45)c3)c2)c1.CCC. The van der Waals surface area contributed by atoms with Gasteiger partial charge in [0, 0.05) is 21.9 Å². The second-order valence-electron chi connectivity index (χ2n) is 14.0. The van der Waals surface area contributed by atoms with E-state index in [4.69, 9.17) is 14.4 Å². The molecule has 276 valence electrons. The zero-order chi connectivity index (χ0) is 39.0. The maximum Gasteiger partial charge on any atom is 0.161 e. The second kappa shape index (κ2) is 17.1. The van der Waals surface area contributed by atoms with E-state index in [9.17, 15) is 0 Å². The standard InChI is InChI=1S/C50H35N3O.C3H8/c1-51-49(53-50(35-15-6-3-7-16-35)52-33-34-13-4-2-5-14-34)44-24-12-23-40(29-44)38-21-10-19-36(27-38)37-20-11-22-39(28-37)43-25-26-45-46-30-41-17-8-9-18-42(41)31-48(46)54-47(45)32-43;1-3-2/h2-32H,1,33H2;3H2,1-2H3. The van der Waals surface area contributed by atoms with Crippen LogP contribution >= 0.6 is 0 Å². The van der Waals surface area contributed by atoms with E-state index >= 15 is 0 Å². The van der Waals surface area contributed by atoms with Gasteiger partial charge in [-0.15, -0.1) is 0 Å². The lowest BCUT2D eigenvalue weighted by molar-refractivity contribution is 0.669. The van der Waals surface area contributed by atoms with Crippen molar-refractivity contribution < 1.29 is 4.42 Å². The molecule has 8 aromatic carbocycles. The topological polar surface area (TPSA) is 50.2 Å². The summed E-state index contributed by atoms with van der Waals surface area (Å²) in [5.41, 5.74) is 11.4. The van der Waals surface area contributed by atoms with Crippen LogP contribution in [0.25, 0.3) is 66.1 Å². The highest BCUT2D eigenvalue weighted by molar-refractivity contribution is 6.13. The molecule has 0 unspecified atom stereocenters. The highest BCUT2D eigenvalue weighted by atomic mass is 16.3. The second-order valence-corrected chi connectivity index (χ2v) is 14.0. The van der Waals surface area contributed by atoms with Crippen LogP contribution in [0.15, 0.2) is 207 Å². The van der Waals surface area contributed by atoms with Gasteiger partial charge in [0.05, 0.1) is 6.54 Å². The predicted octanol–water partition coefficient (Wildman–Crippen LogP) is 14.3. The van der Waals surface area contributed by atoms with Crippen LogP contribution in [-0.2, 0) is 6.54 Å². The normalized spacial score (nSPS) is 11.8. The minimum absolute atomic E-state index is 0.513. The zero-order valence-electron chi connectivity index (χ0n) is 32.3. The van der Waals surface area contributed by atoms with Gasteiger partial charge >= 0.3 is 0 Å². The van der Waals surface area contributed by atoms with Crippen molar-refractivity contribution in [3.05, 3.63) is 205 Å². The molecule has 0 aliphatic rings. The summed E-state index contributed by atoms with van der Waals surface area (Å²) in [6.07, 6.45) is 1.25. The Labute approximate surface area is 334 Å². The summed E-state index contributed by atoms with van der Waals surface area (Å²) < 4.78 is 6.39. The summed E-state index contributed by atoms with van der Waals surface area (Å²) in [5.74, 6) is 1.13. The average Bonchev–Trinajstić information content (AvgIpc) is 3.63. The number of rotatable bonds is 7. The lowest BCUT2D eigenvalue weighted by Crippen LogP contribution is -2.05. The Morgan fingerprint density at radius 1 is 0.456 bits per heavy atom. The molecule has 0 spiro atoms. The van der Waals surface area contributed by atoms with Crippen molar-refractivity contribution in [2.24, 2.45) is 15.0 Å². The van der Waals surface area contributed by atoms with Gasteiger partial charge < -0.3 is 4.42 Å². The molecular weight excluding hydrogens is 695 g/mol. The number of hydrogen-bond acceptors (Lipinski definition) is 2. The Kier molecular flexibility index (Phi) is 11.0. The molecule has 0 aliphatic carbocycles. The number of benzene rings is 8. The van der Waals surface area contributed by atoms with Crippen molar-refractivity contribution in [1.29, 1.82) is 0 Å². The molecule has 0 bridgehead atoms. The van der Waals surface area contributed by atoms with Gasteiger partial charge in [0.15, 0.2) is 11.7 Å². The lowest BCUT2D eigenvalue weighted by atomic mass is 9.95. The largest absolute Gasteiger partial charge is 0.456 e. The quantitative estimate of drug-likeness (QED) is 0.119. The molecule has 1 heterocycles. The van der Waals surface area contributed by atoms with Crippen LogP contribution in [0.2, 0.25) is 0 Å². The van der Waals surface area contributed by atoms with Crippen LogP contribution in [-0.4, -0.2) is 18.4 Å². The van der Waals surface area contributed by atoms with Crippen LogP contribution in [0.4, 0.5) is 0 Å². The predicted molar refractivity (Wildman–Crippen MR) is 243 cm³/mol. The summed E-state index contributed by atoms with van der Waals surface area (Å²) in [6.45, 7) is 8.65. The first-order valence-electron chi connectivity index (χ1n) is 19.5. The van der Waals surface area contributed by atoms with Gasteiger partial charge in [-0.25, -0.2) is 9.98 Å². The fourth-order valence-electron chi connectivity index (χ4n) is 7.06. The maximum absolute atomic E-state index is 6.39. The Morgan fingerprint density at radius 3 is 1.60 bits per heavy atom. The number of amidine groups is 2. The molecule has 0 fully saturated rings. The molecule has 0 radical (unpaired) electrons. The molecule has 4 heteroatoms. The maximum atomic E-state index is 6.39. The van der Waals surface area contributed by atoms with E-state index in [0.29, 0.717) is 18.2 Å². The average molecular weight is 738 g/mol. The molecular formula is C53H43N3O. The van der Waals surface area contributed by atoms with Crippen molar-refractivity contribution in [1.82, 2.24) is 0 Å². The van der Waals surface area contributed by atoms with Crippen LogP contribution in [0, 0.1) is 0 Å². The first-order chi connectivity index (χ1) is 28.1. The van der Waals surface area contributed by atoms with E-state index in [1.54, 1.807) is 0 Å². The summed E-state index contributed by atoms with van der Waals surface area (Å²) in [4.78, 5) is 14.2. The molecule has 4 nitrogen and oxygen atoms in total. The fourth-order valence-corrected chi connectivity index (χ4v) is 7.06. The minimum atomic E-state index is 0.513. The van der Waals surface area contributed by atoms with E-state index in [2.05, 4.69) is 153 Å². The molecule has 1 aromatic heterocycles. The Balaban J connectivity index is 0.00000147. The van der Waals surface area contributed by atoms with Crippen molar-refractivity contribution in [3.63, 3.8) is 0 Å². The molecule has 0 saturated heterocycles. The molecule has 9 aromatic rings. The van der Waals surface area contributed by atoms with E-state index in [1.165, 1.54) is 17.2 Å². The minimum Gasteiger partial charge on any atom is -0.456 e. The van der Waals surface area contributed by atoms with Gasteiger partial charge in [-0.2, -0.15) is 0 Å². The molecule has 57 heavy (non-hydrogen) atoms. The molecule has 9 rings (SSSR count). The Bertz CT molecular complexity index is 2890. The smallest absolute Gasteiger partial charge is 0.161 e. The number of nitrogens with zero attached hydrogens (tertiary/aromatic N) is 3. The number of aliphatic imine (C=N–C) groups is 3. The summed E-state index contributed by atoms with van der Waals surface area (Å²) in [7, 11) is 0.